The molecule has 108 valence electrons. The average Bonchev–Trinajstić information content (AvgIpc) is 2.81. The lowest BCUT2D eigenvalue weighted by Crippen LogP contribution is -2.44. The van der Waals surface area contributed by atoms with Crippen LogP contribution in [-0.4, -0.2) is 43.0 Å². The van der Waals surface area contributed by atoms with Gasteiger partial charge in [0.1, 0.15) is 5.82 Å². The molecule has 3 nitrogen and oxygen atoms in total. The van der Waals surface area contributed by atoms with E-state index in [1.165, 1.54) is 0 Å². The number of nitrogens with zero attached hydrogens (tertiary/aromatic N) is 2. The lowest BCUT2D eigenvalue weighted by atomic mass is 10.1. The first-order valence-electron chi connectivity index (χ1n) is 6.98. The van der Waals surface area contributed by atoms with Crippen LogP contribution < -0.4 is 5.73 Å². The number of hydrogen-bond acceptors (Lipinski definition) is 4. The molecule has 0 amide bonds. The zero-order valence-corrected chi connectivity index (χ0v) is 12.5. The van der Waals surface area contributed by atoms with Crippen molar-refractivity contribution in [3.05, 3.63) is 34.5 Å². The van der Waals surface area contributed by atoms with Crippen LogP contribution in [0, 0.1) is 5.82 Å². The van der Waals surface area contributed by atoms with Crippen LogP contribution in [0.5, 0.6) is 0 Å². The summed E-state index contributed by atoms with van der Waals surface area (Å²) in [4.78, 5) is 5.84. The number of nitrogens with two attached hydrogens (primary N) is 1. The van der Waals surface area contributed by atoms with Gasteiger partial charge in [0, 0.05) is 54.2 Å². The van der Waals surface area contributed by atoms with Crippen molar-refractivity contribution in [2.24, 2.45) is 5.73 Å². The third kappa shape index (κ3) is 2.59. The zero-order chi connectivity index (χ0) is 14.1. The second-order valence-electron chi connectivity index (χ2n) is 5.40. The summed E-state index contributed by atoms with van der Waals surface area (Å²) < 4.78 is 15.2. The highest BCUT2D eigenvalue weighted by Crippen LogP contribution is 2.34. The number of thiophene rings is 1. The lowest BCUT2D eigenvalue weighted by Gasteiger charge is -2.32. The molecule has 1 aromatic carbocycles. The van der Waals surface area contributed by atoms with Gasteiger partial charge in [0.2, 0.25) is 0 Å². The molecule has 0 saturated carbocycles. The van der Waals surface area contributed by atoms with E-state index in [-0.39, 0.29) is 5.82 Å². The molecule has 2 N–H and O–H groups in total. The molecule has 1 aromatic heterocycles. The second-order valence-corrected chi connectivity index (χ2v) is 6.54. The van der Waals surface area contributed by atoms with Crippen molar-refractivity contribution in [1.29, 1.82) is 0 Å². The Labute approximate surface area is 122 Å². The predicted molar refractivity (Wildman–Crippen MR) is 82.4 cm³/mol. The summed E-state index contributed by atoms with van der Waals surface area (Å²) in [6.45, 7) is 5.51. The van der Waals surface area contributed by atoms with E-state index in [1.807, 2.05) is 6.07 Å². The third-order valence-corrected chi connectivity index (χ3v) is 5.23. The first kappa shape index (κ1) is 13.9. The van der Waals surface area contributed by atoms with Crippen LogP contribution in [0.15, 0.2) is 18.2 Å². The van der Waals surface area contributed by atoms with Gasteiger partial charge in [0.15, 0.2) is 0 Å². The van der Waals surface area contributed by atoms with Crippen molar-refractivity contribution in [3.8, 4) is 0 Å². The van der Waals surface area contributed by atoms with Crippen LogP contribution in [0.2, 0.25) is 0 Å². The van der Waals surface area contributed by atoms with Crippen molar-refractivity contribution in [2.75, 3.05) is 33.2 Å². The number of likely N-dealkylation sites (N-methyl/N-ethyl adjacent to an activating group) is 1. The van der Waals surface area contributed by atoms with Crippen molar-refractivity contribution < 1.29 is 4.39 Å². The topological polar surface area (TPSA) is 32.5 Å². The fourth-order valence-corrected chi connectivity index (χ4v) is 3.89. The molecule has 2 aromatic rings. The zero-order valence-electron chi connectivity index (χ0n) is 11.7. The molecular weight excluding hydrogens is 273 g/mol. The highest BCUT2D eigenvalue weighted by atomic mass is 32.1. The average molecular weight is 293 g/mol. The molecule has 3 rings (SSSR count). The molecule has 0 atom stereocenters. The van der Waals surface area contributed by atoms with Crippen molar-refractivity contribution >= 4 is 21.4 Å². The summed E-state index contributed by atoms with van der Waals surface area (Å²) in [7, 11) is 2.14. The Morgan fingerprint density at radius 3 is 2.70 bits per heavy atom. The lowest BCUT2D eigenvalue weighted by molar-refractivity contribution is 0.148. The van der Waals surface area contributed by atoms with Gasteiger partial charge >= 0.3 is 0 Å². The molecule has 20 heavy (non-hydrogen) atoms. The summed E-state index contributed by atoms with van der Waals surface area (Å²) >= 11 is 1.63. The van der Waals surface area contributed by atoms with Gasteiger partial charge in [0.05, 0.1) is 0 Å². The third-order valence-electron chi connectivity index (χ3n) is 4.01. The predicted octanol–water partition coefficient (Wildman–Crippen LogP) is 2.25. The minimum absolute atomic E-state index is 0.123. The Morgan fingerprint density at radius 1 is 1.25 bits per heavy atom. The van der Waals surface area contributed by atoms with E-state index in [0.717, 1.165) is 53.3 Å². The quantitative estimate of drug-likeness (QED) is 0.942. The van der Waals surface area contributed by atoms with Crippen LogP contribution >= 0.6 is 11.3 Å². The summed E-state index contributed by atoms with van der Waals surface area (Å²) in [5, 5.41) is 0.775. The highest BCUT2D eigenvalue weighted by Gasteiger charge is 2.19. The van der Waals surface area contributed by atoms with Crippen molar-refractivity contribution in [3.63, 3.8) is 0 Å². The Morgan fingerprint density at radius 2 is 2.00 bits per heavy atom. The minimum Gasteiger partial charge on any atom is -0.326 e. The fourth-order valence-electron chi connectivity index (χ4n) is 2.78. The molecule has 0 bridgehead atoms. The highest BCUT2D eigenvalue weighted by molar-refractivity contribution is 7.19. The number of fused-ring (bicyclic) bond motifs is 1. The van der Waals surface area contributed by atoms with Gasteiger partial charge in [-0.3, -0.25) is 4.90 Å². The van der Waals surface area contributed by atoms with Gasteiger partial charge < -0.3 is 10.6 Å². The number of piperazine rings is 1. The summed E-state index contributed by atoms with van der Waals surface area (Å²) in [5.74, 6) is -0.123. The first-order valence-corrected chi connectivity index (χ1v) is 7.80. The van der Waals surface area contributed by atoms with Crippen LogP contribution in [0.3, 0.4) is 0 Å². The summed E-state index contributed by atoms with van der Waals surface area (Å²) in [6, 6.07) is 5.30. The van der Waals surface area contributed by atoms with Gasteiger partial charge in [-0.2, -0.15) is 0 Å². The number of rotatable bonds is 3. The van der Waals surface area contributed by atoms with E-state index in [2.05, 4.69) is 16.8 Å². The Kier molecular flexibility index (Phi) is 4.03. The summed E-state index contributed by atoms with van der Waals surface area (Å²) in [6.07, 6.45) is 0. The largest absolute Gasteiger partial charge is 0.326 e. The number of halogens is 1. The molecule has 1 fully saturated rings. The Balaban J connectivity index is 1.93. The minimum atomic E-state index is -0.123. The standard InChI is InChI=1S/C15H20FN3S/c1-18-5-7-19(8-6-18)10-11-14(9-17)20-13-4-2-3-12(16)15(11)13/h2-4H,5-10,17H2,1H3. The van der Waals surface area contributed by atoms with E-state index in [1.54, 1.807) is 23.5 Å². The van der Waals surface area contributed by atoms with E-state index >= 15 is 0 Å². The monoisotopic (exact) mass is 293 g/mol. The fraction of sp³-hybridized carbons (Fsp3) is 0.467. The molecule has 0 unspecified atom stereocenters. The van der Waals surface area contributed by atoms with Crippen LogP contribution in [0.1, 0.15) is 10.4 Å². The van der Waals surface area contributed by atoms with Gasteiger partial charge in [-0.15, -0.1) is 11.3 Å². The summed E-state index contributed by atoms with van der Waals surface area (Å²) in [5.41, 5.74) is 6.95. The molecule has 0 aliphatic carbocycles. The van der Waals surface area contributed by atoms with E-state index in [0.29, 0.717) is 6.54 Å². The maximum Gasteiger partial charge on any atom is 0.132 e. The Bertz CT molecular complexity index is 602. The second kappa shape index (κ2) is 5.77. The molecule has 1 aliphatic rings. The van der Waals surface area contributed by atoms with Crippen molar-refractivity contribution in [2.45, 2.75) is 13.1 Å². The van der Waals surface area contributed by atoms with Gasteiger partial charge in [0.25, 0.3) is 0 Å². The molecule has 0 spiro atoms. The molecule has 1 aliphatic heterocycles. The van der Waals surface area contributed by atoms with Crippen LogP contribution in [0.4, 0.5) is 4.39 Å². The van der Waals surface area contributed by atoms with E-state index < -0.39 is 0 Å². The maximum absolute atomic E-state index is 14.2. The van der Waals surface area contributed by atoms with E-state index in [9.17, 15) is 4.39 Å². The van der Waals surface area contributed by atoms with Gasteiger partial charge in [-0.1, -0.05) is 6.07 Å². The van der Waals surface area contributed by atoms with Gasteiger partial charge in [-0.25, -0.2) is 4.39 Å². The van der Waals surface area contributed by atoms with Gasteiger partial charge in [-0.05, 0) is 24.7 Å². The number of hydrogen-bond donors (Lipinski definition) is 1. The van der Waals surface area contributed by atoms with Crippen molar-refractivity contribution in [1.82, 2.24) is 9.80 Å². The number of benzene rings is 1. The van der Waals surface area contributed by atoms with Crippen LogP contribution in [0.25, 0.3) is 10.1 Å². The normalized spacial score (nSPS) is 17.9. The Hall–Kier alpha value is -1.01. The molecular formula is C15H20FN3S. The first-order chi connectivity index (χ1) is 9.69. The van der Waals surface area contributed by atoms with Crippen LogP contribution in [-0.2, 0) is 13.1 Å². The molecule has 2 heterocycles. The maximum atomic E-state index is 14.2. The SMILES string of the molecule is CN1CCN(Cc2c(CN)sc3cccc(F)c23)CC1. The smallest absolute Gasteiger partial charge is 0.132 e. The van der Waals surface area contributed by atoms with E-state index in [4.69, 9.17) is 5.73 Å². The molecule has 0 radical (unpaired) electrons. The molecule has 1 saturated heterocycles. The molecule has 5 heteroatoms.